The number of allylic oxidation sites excluding steroid dienone is 1. The second kappa shape index (κ2) is 8.27. The zero-order valence-electron chi connectivity index (χ0n) is 14.6. The lowest BCUT2D eigenvalue weighted by Crippen LogP contribution is -1.99. The smallest absolute Gasteiger partial charge is 0.231 e. The molecule has 26 heavy (non-hydrogen) atoms. The van der Waals surface area contributed by atoms with Gasteiger partial charge in [-0.2, -0.15) is 0 Å². The Balaban J connectivity index is 1.79. The highest BCUT2D eigenvalue weighted by atomic mass is 79.9. The minimum absolute atomic E-state index is 0.121. The maximum Gasteiger partial charge on any atom is 0.231 e. The number of hydrogen-bond acceptors (Lipinski definition) is 5. The lowest BCUT2D eigenvalue weighted by Gasteiger charge is -2.12. The van der Waals surface area contributed by atoms with Gasteiger partial charge in [0.15, 0.2) is 28.8 Å². The predicted molar refractivity (Wildman–Crippen MR) is 102 cm³/mol. The monoisotopic (exact) mass is 418 g/mol. The van der Waals surface area contributed by atoms with Gasteiger partial charge in [-0.05, 0) is 64.3 Å². The van der Waals surface area contributed by atoms with Crippen LogP contribution in [0.5, 0.6) is 23.0 Å². The first-order valence-corrected chi connectivity index (χ1v) is 9.04. The van der Waals surface area contributed by atoms with Gasteiger partial charge in [-0.15, -0.1) is 0 Å². The molecule has 5 nitrogen and oxygen atoms in total. The van der Waals surface area contributed by atoms with Gasteiger partial charge in [0.2, 0.25) is 6.79 Å². The number of benzene rings is 2. The van der Waals surface area contributed by atoms with Crippen LogP contribution in [0, 0.1) is 0 Å². The van der Waals surface area contributed by atoms with Crippen LogP contribution < -0.4 is 18.9 Å². The van der Waals surface area contributed by atoms with Gasteiger partial charge in [-0.25, -0.2) is 0 Å². The number of halogens is 1. The first-order chi connectivity index (χ1) is 12.6. The molecule has 1 aliphatic rings. The lowest BCUT2D eigenvalue weighted by molar-refractivity contribution is 0.104. The Morgan fingerprint density at radius 2 is 2.04 bits per heavy atom. The Morgan fingerprint density at radius 1 is 1.23 bits per heavy atom. The summed E-state index contributed by atoms with van der Waals surface area (Å²) in [5.41, 5.74) is 1.37. The molecule has 1 heterocycles. The number of hydrogen-bond donors (Lipinski definition) is 0. The predicted octanol–water partition coefficient (Wildman–Crippen LogP) is 4.87. The number of rotatable bonds is 7. The summed E-state index contributed by atoms with van der Waals surface area (Å²) < 4.78 is 22.5. The average molecular weight is 419 g/mol. The molecule has 3 rings (SSSR count). The molecule has 0 radical (unpaired) electrons. The minimum atomic E-state index is -0.121. The first-order valence-electron chi connectivity index (χ1n) is 8.24. The van der Waals surface area contributed by atoms with Crippen LogP contribution in [0.2, 0.25) is 0 Å². The molecular formula is C20H19BrO5. The number of ether oxygens (including phenoxy) is 4. The van der Waals surface area contributed by atoms with Gasteiger partial charge in [0.25, 0.3) is 0 Å². The lowest BCUT2D eigenvalue weighted by atomic mass is 10.1. The van der Waals surface area contributed by atoms with Gasteiger partial charge in [-0.1, -0.05) is 13.0 Å². The largest absolute Gasteiger partial charge is 0.493 e. The molecular weight excluding hydrogens is 400 g/mol. The molecule has 0 aromatic heterocycles. The second-order valence-corrected chi connectivity index (χ2v) is 6.50. The van der Waals surface area contributed by atoms with Gasteiger partial charge < -0.3 is 18.9 Å². The van der Waals surface area contributed by atoms with E-state index in [0.29, 0.717) is 35.2 Å². The van der Waals surface area contributed by atoms with Crippen LogP contribution in [0.3, 0.4) is 0 Å². The average Bonchev–Trinajstić information content (AvgIpc) is 3.12. The van der Waals surface area contributed by atoms with Gasteiger partial charge in [0.1, 0.15) is 0 Å². The van der Waals surface area contributed by atoms with Crippen LogP contribution in [0.4, 0.5) is 0 Å². The third kappa shape index (κ3) is 4.02. The van der Waals surface area contributed by atoms with Crippen LogP contribution in [0.1, 0.15) is 29.3 Å². The molecule has 0 unspecified atom stereocenters. The van der Waals surface area contributed by atoms with Crippen molar-refractivity contribution in [2.45, 2.75) is 13.3 Å². The van der Waals surface area contributed by atoms with Crippen molar-refractivity contribution < 1.29 is 23.7 Å². The van der Waals surface area contributed by atoms with Crippen LogP contribution >= 0.6 is 15.9 Å². The fourth-order valence-corrected chi connectivity index (χ4v) is 3.07. The quantitative estimate of drug-likeness (QED) is 0.474. The van der Waals surface area contributed by atoms with Gasteiger partial charge in [0, 0.05) is 5.56 Å². The van der Waals surface area contributed by atoms with E-state index in [1.54, 1.807) is 31.4 Å². The Labute approximate surface area is 160 Å². The van der Waals surface area contributed by atoms with Crippen molar-refractivity contribution in [1.82, 2.24) is 0 Å². The summed E-state index contributed by atoms with van der Waals surface area (Å²) in [6.07, 6.45) is 4.16. The van der Waals surface area contributed by atoms with Crippen LogP contribution in [-0.4, -0.2) is 26.3 Å². The van der Waals surface area contributed by atoms with Crippen LogP contribution in [-0.2, 0) is 0 Å². The molecule has 0 aliphatic carbocycles. The second-order valence-electron chi connectivity index (χ2n) is 5.65. The molecule has 6 heteroatoms. The molecule has 2 aromatic carbocycles. The van der Waals surface area contributed by atoms with Crippen LogP contribution in [0.15, 0.2) is 40.9 Å². The highest BCUT2D eigenvalue weighted by molar-refractivity contribution is 9.10. The zero-order valence-corrected chi connectivity index (χ0v) is 16.2. The topological polar surface area (TPSA) is 54.0 Å². The van der Waals surface area contributed by atoms with E-state index < -0.39 is 0 Å². The summed E-state index contributed by atoms with van der Waals surface area (Å²) in [6.45, 7) is 2.83. The van der Waals surface area contributed by atoms with Crippen molar-refractivity contribution in [3.8, 4) is 23.0 Å². The van der Waals surface area contributed by atoms with E-state index in [1.165, 1.54) is 6.08 Å². The molecule has 0 N–H and O–H groups in total. The van der Waals surface area contributed by atoms with E-state index in [0.717, 1.165) is 16.5 Å². The van der Waals surface area contributed by atoms with E-state index in [2.05, 4.69) is 15.9 Å². The number of ketones is 1. The van der Waals surface area contributed by atoms with Crippen molar-refractivity contribution in [3.05, 3.63) is 52.0 Å². The van der Waals surface area contributed by atoms with Crippen LogP contribution in [0.25, 0.3) is 6.08 Å². The number of carbonyl (C=O) groups excluding carboxylic acids is 1. The van der Waals surface area contributed by atoms with E-state index in [-0.39, 0.29) is 12.6 Å². The van der Waals surface area contributed by atoms with E-state index in [4.69, 9.17) is 18.9 Å². The van der Waals surface area contributed by atoms with Gasteiger partial charge in [0.05, 0.1) is 18.2 Å². The highest BCUT2D eigenvalue weighted by Crippen LogP contribution is 2.37. The zero-order chi connectivity index (χ0) is 18.5. The minimum Gasteiger partial charge on any atom is -0.493 e. The van der Waals surface area contributed by atoms with Gasteiger partial charge >= 0.3 is 0 Å². The molecule has 2 aromatic rings. The summed E-state index contributed by atoms with van der Waals surface area (Å²) in [4.78, 5) is 12.4. The number of carbonyl (C=O) groups is 1. The Kier molecular flexibility index (Phi) is 5.83. The maximum absolute atomic E-state index is 12.4. The maximum atomic E-state index is 12.4. The molecule has 0 spiro atoms. The standard InChI is InChI=1S/C20H19BrO5/c1-3-8-24-20-15(21)9-13(10-19(20)23-2)4-6-16(22)14-5-7-17-18(11-14)26-12-25-17/h4-7,9-11H,3,8,12H2,1-2H3. The van der Waals surface area contributed by atoms with Crippen molar-refractivity contribution in [1.29, 1.82) is 0 Å². The van der Waals surface area contributed by atoms with Crippen molar-refractivity contribution >= 4 is 27.8 Å². The third-order valence-corrected chi connectivity index (χ3v) is 4.38. The van der Waals surface area contributed by atoms with Gasteiger partial charge in [-0.3, -0.25) is 4.79 Å². The first kappa shape index (κ1) is 18.3. The molecule has 136 valence electrons. The summed E-state index contributed by atoms with van der Waals surface area (Å²) in [7, 11) is 1.59. The summed E-state index contributed by atoms with van der Waals surface area (Å²) in [5.74, 6) is 2.40. The van der Waals surface area contributed by atoms with Crippen molar-refractivity contribution in [2.75, 3.05) is 20.5 Å². The van der Waals surface area contributed by atoms with E-state index in [9.17, 15) is 4.79 Å². The SMILES string of the molecule is CCCOc1c(Br)cc(C=CC(=O)c2ccc3c(c2)OCO3)cc1OC. The third-order valence-electron chi connectivity index (χ3n) is 3.79. The summed E-state index contributed by atoms with van der Waals surface area (Å²) in [5, 5.41) is 0. The summed E-state index contributed by atoms with van der Waals surface area (Å²) >= 11 is 3.50. The van der Waals surface area contributed by atoms with Crippen molar-refractivity contribution in [2.24, 2.45) is 0 Å². The van der Waals surface area contributed by atoms with Crippen molar-refractivity contribution in [3.63, 3.8) is 0 Å². The van der Waals surface area contributed by atoms with E-state index in [1.807, 2.05) is 19.1 Å². The molecule has 0 saturated carbocycles. The fourth-order valence-electron chi connectivity index (χ4n) is 2.50. The Hall–Kier alpha value is -2.47. The molecule has 0 bridgehead atoms. The summed E-state index contributed by atoms with van der Waals surface area (Å²) in [6, 6.07) is 8.87. The molecule has 0 atom stereocenters. The molecule has 1 aliphatic heterocycles. The highest BCUT2D eigenvalue weighted by Gasteiger charge is 2.15. The molecule has 0 saturated heterocycles. The molecule has 0 fully saturated rings. The van der Waals surface area contributed by atoms with E-state index >= 15 is 0 Å². The normalized spacial score (nSPS) is 12.4. The Bertz CT molecular complexity index is 844. The number of fused-ring (bicyclic) bond motifs is 1. The fraction of sp³-hybridized carbons (Fsp3) is 0.250. The Morgan fingerprint density at radius 3 is 2.81 bits per heavy atom. The number of methoxy groups -OCH3 is 1. The molecule has 0 amide bonds.